The summed E-state index contributed by atoms with van der Waals surface area (Å²) in [5.41, 5.74) is 1.32. The lowest BCUT2D eigenvalue weighted by molar-refractivity contribution is -0.923. The van der Waals surface area contributed by atoms with Gasteiger partial charge in [0.1, 0.15) is 19.6 Å². The van der Waals surface area contributed by atoms with E-state index in [1.807, 2.05) is 0 Å². The number of aliphatic hydroxyl groups is 1. The van der Waals surface area contributed by atoms with E-state index in [0.29, 0.717) is 0 Å². The topological polar surface area (TPSA) is 29.5 Å². The summed E-state index contributed by atoms with van der Waals surface area (Å²) in [7, 11) is 2.22. The Morgan fingerprint density at radius 1 is 0.778 bits per heavy atom. The van der Waals surface area contributed by atoms with Crippen molar-refractivity contribution in [2.45, 2.75) is 77.7 Å². The van der Waals surface area contributed by atoms with Gasteiger partial charge in [-0.2, -0.15) is 0 Å². The van der Waals surface area contributed by atoms with Crippen molar-refractivity contribution in [2.24, 2.45) is 0 Å². The van der Waals surface area contributed by atoms with E-state index >= 15 is 0 Å². The number of rotatable bonds is 18. The van der Waals surface area contributed by atoms with Crippen molar-refractivity contribution in [3.8, 4) is 0 Å². The predicted molar refractivity (Wildman–Crippen MR) is 116 cm³/mol. The number of likely N-dealkylation sites (N-methyl/N-ethyl adjacent to an activating group) is 1. The Balaban J connectivity index is 2.03. The Hall–Kier alpha value is -0.900. The zero-order valence-electron chi connectivity index (χ0n) is 18.0. The van der Waals surface area contributed by atoms with Crippen molar-refractivity contribution in [3.63, 3.8) is 0 Å². The summed E-state index contributed by atoms with van der Waals surface area (Å²) in [6.07, 6.45) is 13.6. The number of hydrogen-bond acceptors (Lipinski definition) is 2. The van der Waals surface area contributed by atoms with Gasteiger partial charge in [-0.05, 0) is 6.42 Å². The molecule has 0 aliphatic heterocycles. The van der Waals surface area contributed by atoms with Crippen molar-refractivity contribution in [1.82, 2.24) is 0 Å². The molecule has 0 heterocycles. The molecular formula is C24H44NO2+. The number of hydrogen-bond donors (Lipinski definition) is 1. The lowest BCUT2D eigenvalue weighted by Gasteiger charge is -2.34. The lowest BCUT2D eigenvalue weighted by Crippen LogP contribution is -2.47. The Labute approximate surface area is 168 Å². The van der Waals surface area contributed by atoms with Gasteiger partial charge in [-0.3, -0.25) is 0 Å². The molecular weight excluding hydrogens is 334 g/mol. The van der Waals surface area contributed by atoms with E-state index in [-0.39, 0.29) is 6.61 Å². The molecule has 3 nitrogen and oxygen atoms in total. The standard InChI is InChI=1S/C24H44NO2/c1-3-4-5-6-7-8-9-10-11-15-21-27-22-19-25(2,18-20-26)23-24-16-13-12-14-17-24/h12-14,16-17,26H,3-11,15,18-23H2,1-2H3/q+1. The van der Waals surface area contributed by atoms with Crippen LogP contribution < -0.4 is 0 Å². The van der Waals surface area contributed by atoms with Crippen LogP contribution in [0, 0.1) is 0 Å². The molecule has 1 aromatic carbocycles. The van der Waals surface area contributed by atoms with Crippen molar-refractivity contribution in [2.75, 3.05) is 40.0 Å². The van der Waals surface area contributed by atoms with Crippen LogP contribution in [-0.4, -0.2) is 49.5 Å². The number of quaternary nitrogens is 1. The summed E-state index contributed by atoms with van der Waals surface area (Å²) in [6.45, 7) is 6.83. The fourth-order valence-corrected chi connectivity index (χ4v) is 3.61. The lowest BCUT2D eigenvalue weighted by atomic mass is 10.1. The van der Waals surface area contributed by atoms with Gasteiger partial charge >= 0.3 is 0 Å². The highest BCUT2D eigenvalue weighted by atomic mass is 16.5. The second kappa shape index (κ2) is 16.1. The molecule has 0 saturated carbocycles. The third-order valence-corrected chi connectivity index (χ3v) is 5.46. The molecule has 1 atom stereocenters. The fourth-order valence-electron chi connectivity index (χ4n) is 3.61. The summed E-state index contributed by atoms with van der Waals surface area (Å²) in [5.74, 6) is 0. The van der Waals surface area contributed by atoms with Crippen LogP contribution in [0.4, 0.5) is 0 Å². The maximum Gasteiger partial charge on any atom is 0.104 e. The van der Waals surface area contributed by atoms with Gasteiger partial charge in [0.15, 0.2) is 0 Å². The summed E-state index contributed by atoms with van der Waals surface area (Å²) in [4.78, 5) is 0. The van der Waals surface area contributed by atoms with Gasteiger partial charge in [-0.1, -0.05) is 95.0 Å². The number of benzene rings is 1. The highest BCUT2D eigenvalue weighted by Crippen LogP contribution is 2.12. The van der Waals surface area contributed by atoms with E-state index in [2.05, 4.69) is 44.3 Å². The average Bonchev–Trinajstić information content (AvgIpc) is 2.66. The van der Waals surface area contributed by atoms with Crippen molar-refractivity contribution in [3.05, 3.63) is 35.9 Å². The largest absolute Gasteiger partial charge is 0.391 e. The van der Waals surface area contributed by atoms with Gasteiger partial charge in [0, 0.05) is 12.2 Å². The van der Waals surface area contributed by atoms with E-state index in [9.17, 15) is 5.11 Å². The van der Waals surface area contributed by atoms with Gasteiger partial charge in [0.05, 0.1) is 20.3 Å². The molecule has 0 radical (unpaired) electrons. The molecule has 0 aliphatic rings. The first-order chi connectivity index (χ1) is 13.2. The molecule has 0 aliphatic carbocycles. The molecule has 1 unspecified atom stereocenters. The second-order valence-electron chi connectivity index (χ2n) is 8.23. The van der Waals surface area contributed by atoms with E-state index in [4.69, 9.17) is 4.74 Å². The minimum atomic E-state index is 0.224. The van der Waals surface area contributed by atoms with Gasteiger partial charge in [-0.15, -0.1) is 0 Å². The van der Waals surface area contributed by atoms with E-state index in [0.717, 1.165) is 37.3 Å². The van der Waals surface area contributed by atoms with Crippen molar-refractivity contribution >= 4 is 0 Å². The summed E-state index contributed by atoms with van der Waals surface area (Å²) in [6, 6.07) is 10.5. The minimum Gasteiger partial charge on any atom is -0.391 e. The molecule has 1 N–H and O–H groups in total. The first-order valence-corrected chi connectivity index (χ1v) is 11.3. The van der Waals surface area contributed by atoms with E-state index < -0.39 is 0 Å². The van der Waals surface area contributed by atoms with E-state index in [1.165, 1.54) is 69.8 Å². The van der Waals surface area contributed by atoms with Gasteiger partial charge in [0.25, 0.3) is 0 Å². The monoisotopic (exact) mass is 378 g/mol. The minimum absolute atomic E-state index is 0.224. The highest BCUT2D eigenvalue weighted by molar-refractivity contribution is 5.13. The van der Waals surface area contributed by atoms with Gasteiger partial charge in [0.2, 0.25) is 0 Å². The third-order valence-electron chi connectivity index (χ3n) is 5.46. The van der Waals surface area contributed by atoms with Crippen LogP contribution in [0.1, 0.15) is 76.7 Å². The molecule has 1 rings (SSSR count). The quantitative estimate of drug-likeness (QED) is 0.267. The third kappa shape index (κ3) is 13.0. The first-order valence-electron chi connectivity index (χ1n) is 11.3. The first kappa shape index (κ1) is 24.1. The Kier molecular flexibility index (Phi) is 14.4. The maximum absolute atomic E-state index is 9.43. The zero-order valence-corrected chi connectivity index (χ0v) is 18.0. The number of nitrogens with zero attached hydrogens (tertiary/aromatic N) is 1. The van der Waals surface area contributed by atoms with Crippen LogP contribution in [0.15, 0.2) is 30.3 Å². The van der Waals surface area contributed by atoms with Gasteiger partial charge < -0.3 is 14.3 Å². The normalized spacial score (nSPS) is 13.6. The van der Waals surface area contributed by atoms with Crippen LogP contribution >= 0.6 is 0 Å². The summed E-state index contributed by atoms with van der Waals surface area (Å²) in [5, 5.41) is 9.43. The van der Waals surface area contributed by atoms with Crippen LogP contribution in [-0.2, 0) is 11.3 Å². The molecule has 0 fully saturated rings. The number of ether oxygens (including phenoxy) is 1. The van der Waals surface area contributed by atoms with E-state index in [1.54, 1.807) is 0 Å². The number of unbranched alkanes of at least 4 members (excludes halogenated alkanes) is 9. The second-order valence-corrected chi connectivity index (χ2v) is 8.23. The zero-order chi connectivity index (χ0) is 19.6. The van der Waals surface area contributed by atoms with Crippen LogP contribution in [0.25, 0.3) is 0 Å². The Bertz CT molecular complexity index is 437. The average molecular weight is 379 g/mol. The Morgan fingerprint density at radius 2 is 1.37 bits per heavy atom. The molecule has 27 heavy (non-hydrogen) atoms. The molecule has 0 saturated heterocycles. The number of aliphatic hydroxyl groups excluding tert-OH is 1. The van der Waals surface area contributed by atoms with Crippen LogP contribution in [0.3, 0.4) is 0 Å². The molecule has 0 bridgehead atoms. The van der Waals surface area contributed by atoms with Crippen LogP contribution in [0.2, 0.25) is 0 Å². The molecule has 3 heteroatoms. The molecule has 0 aromatic heterocycles. The summed E-state index contributed by atoms with van der Waals surface area (Å²) < 4.78 is 6.72. The van der Waals surface area contributed by atoms with Crippen molar-refractivity contribution in [1.29, 1.82) is 0 Å². The molecule has 156 valence electrons. The SMILES string of the molecule is CCCCCCCCCCCCOCC[N+](C)(CCO)Cc1ccccc1. The molecule has 0 spiro atoms. The summed E-state index contributed by atoms with van der Waals surface area (Å²) >= 11 is 0. The van der Waals surface area contributed by atoms with Gasteiger partial charge in [-0.25, -0.2) is 0 Å². The highest BCUT2D eigenvalue weighted by Gasteiger charge is 2.21. The molecule has 1 aromatic rings. The fraction of sp³-hybridized carbons (Fsp3) is 0.750. The smallest absolute Gasteiger partial charge is 0.104 e. The maximum atomic E-state index is 9.43. The Morgan fingerprint density at radius 3 is 1.96 bits per heavy atom. The van der Waals surface area contributed by atoms with Crippen LogP contribution in [0.5, 0.6) is 0 Å². The predicted octanol–water partition coefficient (Wildman–Crippen LogP) is 5.56. The van der Waals surface area contributed by atoms with Crippen molar-refractivity contribution < 1.29 is 14.3 Å². The molecule has 0 amide bonds.